The molecule has 0 atom stereocenters. The van der Waals surface area contributed by atoms with E-state index < -0.39 is 26.8 Å². The van der Waals surface area contributed by atoms with Gasteiger partial charge in [0.1, 0.15) is 9.77 Å². The molecular formula is C16H16N4O6S3. The van der Waals surface area contributed by atoms with E-state index in [1.165, 1.54) is 34.0 Å². The number of amides is 2. The molecule has 0 aliphatic carbocycles. The summed E-state index contributed by atoms with van der Waals surface area (Å²) in [7, 11) is -3.82. The third-order valence-corrected chi connectivity index (χ3v) is 7.96. The van der Waals surface area contributed by atoms with Gasteiger partial charge >= 0.3 is 0 Å². The van der Waals surface area contributed by atoms with Crippen LogP contribution in [0.2, 0.25) is 0 Å². The topological polar surface area (TPSA) is 139 Å². The van der Waals surface area contributed by atoms with Crippen LogP contribution in [-0.4, -0.2) is 54.1 Å². The molecule has 3 rings (SSSR count). The molecule has 1 aromatic carbocycles. The van der Waals surface area contributed by atoms with E-state index in [9.17, 15) is 28.1 Å². The van der Waals surface area contributed by atoms with Crippen molar-refractivity contribution in [3.05, 3.63) is 56.3 Å². The van der Waals surface area contributed by atoms with Crippen molar-refractivity contribution in [2.75, 3.05) is 24.6 Å². The first-order chi connectivity index (χ1) is 13.8. The molecular weight excluding hydrogens is 440 g/mol. The Bertz CT molecular complexity index is 1050. The predicted octanol–water partition coefficient (Wildman–Crippen LogP) is 1.47. The molecule has 2 aromatic rings. The fourth-order valence-corrected chi connectivity index (χ4v) is 6.47. The number of hydrazine groups is 1. The van der Waals surface area contributed by atoms with Crippen LogP contribution < -0.4 is 10.9 Å². The van der Waals surface area contributed by atoms with Crippen molar-refractivity contribution >= 4 is 50.6 Å². The maximum absolute atomic E-state index is 12.8. The normalized spacial score (nSPS) is 14.9. The third kappa shape index (κ3) is 4.75. The molecule has 10 nitrogen and oxygen atoms in total. The molecule has 1 aliphatic heterocycles. The van der Waals surface area contributed by atoms with E-state index in [0.717, 1.165) is 17.4 Å². The molecule has 1 fully saturated rings. The zero-order chi connectivity index (χ0) is 21.0. The van der Waals surface area contributed by atoms with Crippen LogP contribution >= 0.6 is 23.1 Å². The lowest BCUT2D eigenvalue weighted by Crippen LogP contribution is -2.42. The molecule has 154 valence electrons. The van der Waals surface area contributed by atoms with Crippen LogP contribution in [0.3, 0.4) is 0 Å². The molecule has 13 heteroatoms. The van der Waals surface area contributed by atoms with Gasteiger partial charge in [0, 0.05) is 42.3 Å². The first-order valence-electron chi connectivity index (χ1n) is 8.31. The van der Waals surface area contributed by atoms with Gasteiger partial charge in [-0.15, -0.1) is 11.3 Å². The average Bonchev–Trinajstić information content (AvgIpc) is 3.23. The maximum Gasteiger partial charge on any atom is 0.281 e. The zero-order valence-electron chi connectivity index (χ0n) is 14.9. The fourth-order valence-electron chi connectivity index (χ4n) is 2.60. The Morgan fingerprint density at radius 3 is 2.48 bits per heavy atom. The number of thioether (sulfide) groups is 1. The molecule has 29 heavy (non-hydrogen) atoms. The Hall–Kier alpha value is -2.48. The first-order valence-corrected chi connectivity index (χ1v) is 11.8. The smallest absolute Gasteiger partial charge is 0.267 e. The molecule has 2 heterocycles. The van der Waals surface area contributed by atoms with E-state index in [2.05, 4.69) is 10.9 Å². The van der Waals surface area contributed by atoms with Crippen LogP contribution in [-0.2, 0) is 10.0 Å². The van der Waals surface area contributed by atoms with Gasteiger partial charge in [-0.05, 0) is 17.5 Å². The largest absolute Gasteiger partial charge is 0.281 e. The van der Waals surface area contributed by atoms with Gasteiger partial charge in [-0.3, -0.25) is 30.6 Å². The van der Waals surface area contributed by atoms with E-state index in [4.69, 9.17) is 0 Å². The van der Waals surface area contributed by atoms with Crippen LogP contribution in [0.1, 0.15) is 20.0 Å². The minimum atomic E-state index is -3.82. The number of benzene rings is 1. The van der Waals surface area contributed by atoms with Crippen molar-refractivity contribution in [1.82, 2.24) is 15.2 Å². The number of non-ortho nitro benzene ring substituents is 1. The van der Waals surface area contributed by atoms with Crippen LogP contribution in [0.5, 0.6) is 0 Å². The second kappa shape index (κ2) is 8.90. The van der Waals surface area contributed by atoms with E-state index in [1.54, 1.807) is 11.8 Å². The van der Waals surface area contributed by atoms with Crippen LogP contribution in [0, 0.1) is 10.1 Å². The molecule has 1 saturated heterocycles. The van der Waals surface area contributed by atoms with Crippen LogP contribution in [0.25, 0.3) is 0 Å². The van der Waals surface area contributed by atoms with Crippen molar-refractivity contribution < 1.29 is 22.9 Å². The minimum Gasteiger partial charge on any atom is -0.267 e. The Kier molecular flexibility index (Phi) is 6.52. The summed E-state index contributed by atoms with van der Waals surface area (Å²) in [5.74, 6) is -0.186. The Morgan fingerprint density at radius 1 is 1.10 bits per heavy atom. The quantitative estimate of drug-likeness (QED) is 0.513. The van der Waals surface area contributed by atoms with Gasteiger partial charge in [0.05, 0.1) is 4.92 Å². The second-order valence-electron chi connectivity index (χ2n) is 5.85. The highest BCUT2D eigenvalue weighted by Gasteiger charge is 2.31. The van der Waals surface area contributed by atoms with Gasteiger partial charge in [-0.1, -0.05) is 6.07 Å². The molecule has 1 aromatic heterocycles. The van der Waals surface area contributed by atoms with Crippen molar-refractivity contribution in [1.29, 1.82) is 0 Å². The number of hydrogen-bond acceptors (Lipinski definition) is 8. The molecule has 0 spiro atoms. The van der Waals surface area contributed by atoms with Gasteiger partial charge in [0.25, 0.3) is 17.5 Å². The highest BCUT2D eigenvalue weighted by molar-refractivity contribution is 7.99. The Morgan fingerprint density at radius 2 is 1.79 bits per heavy atom. The Labute approximate surface area is 174 Å². The Balaban J connectivity index is 1.71. The lowest BCUT2D eigenvalue weighted by molar-refractivity contribution is -0.384. The number of rotatable bonds is 5. The summed E-state index contributed by atoms with van der Waals surface area (Å²) in [5.41, 5.74) is 4.02. The average molecular weight is 457 g/mol. The van der Waals surface area contributed by atoms with E-state index >= 15 is 0 Å². The molecule has 0 bridgehead atoms. The number of thiophene rings is 1. The van der Waals surface area contributed by atoms with Crippen molar-refractivity contribution in [2.45, 2.75) is 4.90 Å². The minimum absolute atomic E-state index is 0.0238. The summed E-state index contributed by atoms with van der Waals surface area (Å²) >= 11 is 2.60. The lowest BCUT2D eigenvalue weighted by atomic mass is 10.2. The summed E-state index contributed by atoms with van der Waals surface area (Å²) in [6.45, 7) is 0.737. The van der Waals surface area contributed by atoms with Gasteiger partial charge in [-0.2, -0.15) is 16.1 Å². The SMILES string of the molecule is O=C(NNC(=O)c1sccc1S(=O)(=O)N1CCSCC1)c1cccc([N+](=O)[O-])c1. The summed E-state index contributed by atoms with van der Waals surface area (Å²) in [4.78, 5) is 34.6. The van der Waals surface area contributed by atoms with Crippen molar-refractivity contribution in [3.8, 4) is 0 Å². The number of nitrogens with zero attached hydrogens (tertiary/aromatic N) is 2. The van der Waals surface area contributed by atoms with E-state index in [0.29, 0.717) is 24.6 Å². The fraction of sp³-hybridized carbons (Fsp3) is 0.250. The number of carbonyl (C=O) groups excluding carboxylic acids is 2. The molecule has 2 amide bonds. The van der Waals surface area contributed by atoms with Gasteiger partial charge < -0.3 is 0 Å². The van der Waals surface area contributed by atoms with Crippen molar-refractivity contribution in [3.63, 3.8) is 0 Å². The summed E-state index contributed by atoms with van der Waals surface area (Å²) in [6.07, 6.45) is 0. The van der Waals surface area contributed by atoms with Gasteiger partial charge in [0.2, 0.25) is 10.0 Å². The predicted molar refractivity (Wildman–Crippen MR) is 108 cm³/mol. The summed E-state index contributed by atoms with van der Waals surface area (Å²) in [6, 6.07) is 6.35. The molecule has 0 saturated carbocycles. The zero-order valence-corrected chi connectivity index (χ0v) is 17.3. The lowest BCUT2D eigenvalue weighted by Gasteiger charge is -2.25. The number of carbonyl (C=O) groups is 2. The highest BCUT2D eigenvalue weighted by atomic mass is 32.2. The standard InChI is InChI=1S/C16H16N4O6S3/c21-15(11-2-1-3-12(10-11)20(23)24)17-18-16(22)14-13(4-7-28-14)29(25,26)19-5-8-27-9-6-19/h1-4,7,10H,5-6,8-9H2,(H,17,21)(H,18,22). The summed E-state index contributed by atoms with van der Waals surface area (Å²) < 4.78 is 27.0. The van der Waals surface area contributed by atoms with E-state index in [1.807, 2.05) is 0 Å². The number of sulfonamides is 1. The number of nitro groups is 1. The molecule has 0 radical (unpaired) electrons. The third-order valence-electron chi connectivity index (χ3n) is 4.03. The molecule has 2 N–H and O–H groups in total. The number of nitro benzene ring substituents is 1. The van der Waals surface area contributed by atoms with Gasteiger partial charge in [0.15, 0.2) is 0 Å². The second-order valence-corrected chi connectivity index (χ2v) is 9.89. The monoisotopic (exact) mass is 456 g/mol. The van der Waals surface area contributed by atoms with E-state index in [-0.39, 0.29) is 21.0 Å². The number of nitrogens with one attached hydrogen (secondary N) is 2. The first kappa shape index (κ1) is 21.2. The molecule has 0 unspecified atom stereocenters. The van der Waals surface area contributed by atoms with Crippen LogP contribution in [0.4, 0.5) is 5.69 Å². The van der Waals surface area contributed by atoms with Gasteiger partial charge in [-0.25, -0.2) is 8.42 Å². The van der Waals surface area contributed by atoms with Crippen molar-refractivity contribution in [2.24, 2.45) is 0 Å². The molecule has 1 aliphatic rings. The maximum atomic E-state index is 12.8. The highest BCUT2D eigenvalue weighted by Crippen LogP contribution is 2.27. The van der Waals surface area contributed by atoms with Crippen LogP contribution in [0.15, 0.2) is 40.6 Å². The summed E-state index contributed by atoms with van der Waals surface area (Å²) in [5, 5.41) is 12.3. The number of hydrogen-bond donors (Lipinski definition) is 2.